The van der Waals surface area contributed by atoms with Crippen LogP contribution in [0.15, 0.2) is 53.7 Å². The van der Waals surface area contributed by atoms with Crippen LogP contribution < -0.4 is 0 Å². The van der Waals surface area contributed by atoms with Gasteiger partial charge in [-0.05, 0) is 42.7 Å². The number of benzene rings is 2. The minimum absolute atomic E-state index is 0.0954. The van der Waals surface area contributed by atoms with Crippen LogP contribution in [0, 0.1) is 0 Å². The molecule has 0 bridgehead atoms. The predicted molar refractivity (Wildman–Crippen MR) is 112 cm³/mol. The number of Topliss-reactive ketones (excluding diaryl/α,β-unsaturated/α-hetero) is 1. The largest absolute Gasteiger partial charge is 0.305 e. The maximum atomic E-state index is 12.5. The Kier molecular flexibility index (Phi) is 6.69. The Balaban J connectivity index is 1.63. The molecule has 0 atom stereocenters. The first kappa shape index (κ1) is 19.6. The summed E-state index contributed by atoms with van der Waals surface area (Å²) in [5, 5.41) is 9.86. The predicted octanol–water partition coefficient (Wildman–Crippen LogP) is 5.45. The smallest absolute Gasteiger partial charge is 0.191 e. The van der Waals surface area contributed by atoms with Crippen molar-refractivity contribution in [3.8, 4) is 11.4 Å². The summed E-state index contributed by atoms with van der Waals surface area (Å²) in [6.45, 7) is 2.18. The van der Waals surface area contributed by atoms with Gasteiger partial charge in [0.25, 0.3) is 0 Å². The van der Waals surface area contributed by atoms with Gasteiger partial charge in [0.1, 0.15) is 0 Å². The van der Waals surface area contributed by atoms with Crippen molar-refractivity contribution in [2.45, 2.75) is 31.3 Å². The molecule has 0 saturated heterocycles. The summed E-state index contributed by atoms with van der Waals surface area (Å²) in [5.41, 5.74) is 2.96. The molecule has 0 N–H and O–H groups in total. The number of unbranched alkanes of at least 4 members (excludes halogenated alkanes) is 1. The van der Waals surface area contributed by atoms with Gasteiger partial charge >= 0.3 is 0 Å². The lowest BCUT2D eigenvalue weighted by Gasteiger charge is -2.05. The van der Waals surface area contributed by atoms with Gasteiger partial charge in [0.2, 0.25) is 0 Å². The van der Waals surface area contributed by atoms with E-state index in [0.717, 1.165) is 23.4 Å². The third kappa shape index (κ3) is 4.99. The van der Waals surface area contributed by atoms with E-state index < -0.39 is 0 Å². The van der Waals surface area contributed by atoms with E-state index in [0.29, 0.717) is 15.9 Å². The number of aromatic nitrogens is 3. The molecular formula is C21H22ClN3OS. The molecule has 0 fully saturated rings. The summed E-state index contributed by atoms with van der Waals surface area (Å²) in [6.07, 6.45) is 3.41. The molecule has 140 valence electrons. The van der Waals surface area contributed by atoms with Crippen LogP contribution in [0.4, 0.5) is 0 Å². The first-order valence-corrected chi connectivity index (χ1v) is 10.3. The summed E-state index contributed by atoms with van der Waals surface area (Å²) in [6, 6.07) is 15.4. The van der Waals surface area contributed by atoms with Crippen molar-refractivity contribution < 1.29 is 4.79 Å². The van der Waals surface area contributed by atoms with E-state index in [4.69, 9.17) is 11.6 Å². The van der Waals surface area contributed by atoms with Crippen molar-refractivity contribution in [1.29, 1.82) is 0 Å². The van der Waals surface area contributed by atoms with Gasteiger partial charge in [-0.1, -0.05) is 61.0 Å². The highest BCUT2D eigenvalue weighted by Crippen LogP contribution is 2.24. The van der Waals surface area contributed by atoms with Crippen LogP contribution in [-0.2, 0) is 13.5 Å². The molecular weight excluding hydrogens is 378 g/mol. The van der Waals surface area contributed by atoms with E-state index in [9.17, 15) is 4.79 Å². The third-order valence-electron chi connectivity index (χ3n) is 4.36. The molecule has 6 heteroatoms. The molecule has 0 saturated carbocycles. The Bertz CT molecular complexity index is 904. The first-order valence-electron chi connectivity index (χ1n) is 8.98. The first-order chi connectivity index (χ1) is 13.1. The molecule has 0 spiro atoms. The zero-order chi connectivity index (χ0) is 19.2. The fraction of sp³-hybridized carbons (Fsp3) is 0.286. The molecule has 3 rings (SSSR count). The van der Waals surface area contributed by atoms with Gasteiger partial charge in [-0.2, -0.15) is 0 Å². The maximum absolute atomic E-state index is 12.5. The molecule has 0 aliphatic rings. The Morgan fingerprint density at radius 3 is 2.44 bits per heavy atom. The van der Waals surface area contributed by atoms with Crippen LogP contribution >= 0.6 is 23.4 Å². The minimum atomic E-state index is 0.0954. The molecule has 0 aliphatic carbocycles. The highest BCUT2D eigenvalue weighted by molar-refractivity contribution is 7.99. The molecule has 0 unspecified atom stereocenters. The number of hydrogen-bond donors (Lipinski definition) is 0. The van der Waals surface area contributed by atoms with Crippen molar-refractivity contribution >= 4 is 29.1 Å². The monoisotopic (exact) mass is 399 g/mol. The summed E-state index contributed by atoms with van der Waals surface area (Å²) < 4.78 is 1.90. The number of carbonyl (C=O) groups excluding carboxylic acids is 1. The van der Waals surface area contributed by atoms with Gasteiger partial charge in [0.15, 0.2) is 16.8 Å². The van der Waals surface area contributed by atoms with Crippen LogP contribution in [0.2, 0.25) is 5.02 Å². The minimum Gasteiger partial charge on any atom is -0.305 e. The maximum Gasteiger partial charge on any atom is 0.191 e. The van der Waals surface area contributed by atoms with E-state index in [2.05, 4.69) is 29.3 Å². The van der Waals surface area contributed by atoms with Gasteiger partial charge in [0, 0.05) is 23.2 Å². The zero-order valence-electron chi connectivity index (χ0n) is 15.5. The highest BCUT2D eigenvalue weighted by Gasteiger charge is 2.14. The Morgan fingerprint density at radius 2 is 1.78 bits per heavy atom. The quantitative estimate of drug-likeness (QED) is 0.373. The van der Waals surface area contributed by atoms with Crippen molar-refractivity contribution in [2.24, 2.45) is 7.05 Å². The molecule has 1 heterocycles. The van der Waals surface area contributed by atoms with Gasteiger partial charge in [0.05, 0.1) is 5.75 Å². The molecule has 0 radical (unpaired) electrons. The average Bonchev–Trinajstić information content (AvgIpc) is 3.06. The van der Waals surface area contributed by atoms with Crippen LogP contribution in [0.3, 0.4) is 0 Å². The van der Waals surface area contributed by atoms with Crippen LogP contribution in [-0.4, -0.2) is 26.3 Å². The summed E-state index contributed by atoms with van der Waals surface area (Å²) in [5.74, 6) is 1.18. The van der Waals surface area contributed by atoms with Crippen molar-refractivity contribution in [3.05, 3.63) is 64.7 Å². The lowest BCUT2D eigenvalue weighted by molar-refractivity contribution is 0.102. The number of rotatable bonds is 8. The Hall–Kier alpha value is -2.11. The highest BCUT2D eigenvalue weighted by atomic mass is 35.5. The van der Waals surface area contributed by atoms with Gasteiger partial charge in [-0.3, -0.25) is 4.79 Å². The van der Waals surface area contributed by atoms with Gasteiger partial charge in [-0.25, -0.2) is 0 Å². The average molecular weight is 400 g/mol. The van der Waals surface area contributed by atoms with Crippen LogP contribution in [0.5, 0.6) is 0 Å². The standard InChI is InChI=1S/C21H22ClN3OS/c1-3-4-5-15-6-8-16(9-7-15)19(26)14-27-21-24-23-20(25(21)2)17-10-12-18(22)13-11-17/h6-13H,3-5,14H2,1-2H3. The SMILES string of the molecule is CCCCc1ccc(C(=O)CSc2nnc(-c3ccc(Cl)cc3)n2C)cc1. The molecule has 2 aromatic carbocycles. The summed E-state index contributed by atoms with van der Waals surface area (Å²) in [7, 11) is 1.90. The third-order valence-corrected chi connectivity index (χ3v) is 5.64. The molecule has 27 heavy (non-hydrogen) atoms. The van der Waals surface area contributed by atoms with Crippen molar-refractivity contribution in [2.75, 3.05) is 5.75 Å². The van der Waals surface area contributed by atoms with Crippen molar-refractivity contribution in [1.82, 2.24) is 14.8 Å². The Morgan fingerprint density at radius 1 is 1.07 bits per heavy atom. The fourth-order valence-electron chi connectivity index (χ4n) is 2.74. The number of nitrogens with zero attached hydrogens (tertiary/aromatic N) is 3. The van der Waals surface area contributed by atoms with Gasteiger partial charge in [-0.15, -0.1) is 10.2 Å². The van der Waals surface area contributed by atoms with E-state index in [1.54, 1.807) is 0 Å². The van der Waals surface area contributed by atoms with Crippen molar-refractivity contribution in [3.63, 3.8) is 0 Å². The fourth-order valence-corrected chi connectivity index (χ4v) is 3.67. The topological polar surface area (TPSA) is 47.8 Å². The number of carbonyl (C=O) groups is 1. The number of thioether (sulfide) groups is 1. The van der Waals surface area contributed by atoms with E-state index in [1.807, 2.05) is 48.0 Å². The second-order valence-electron chi connectivity index (χ2n) is 6.38. The van der Waals surface area contributed by atoms with E-state index in [-0.39, 0.29) is 5.78 Å². The van der Waals surface area contributed by atoms with Crippen LogP contribution in [0.25, 0.3) is 11.4 Å². The lowest BCUT2D eigenvalue weighted by atomic mass is 10.1. The lowest BCUT2D eigenvalue weighted by Crippen LogP contribution is -2.04. The van der Waals surface area contributed by atoms with E-state index >= 15 is 0 Å². The zero-order valence-corrected chi connectivity index (χ0v) is 17.1. The molecule has 0 aliphatic heterocycles. The molecule has 3 aromatic rings. The second-order valence-corrected chi connectivity index (χ2v) is 7.76. The molecule has 1 aromatic heterocycles. The number of ketones is 1. The van der Waals surface area contributed by atoms with Crippen LogP contribution in [0.1, 0.15) is 35.7 Å². The normalized spacial score (nSPS) is 10.9. The van der Waals surface area contributed by atoms with Gasteiger partial charge < -0.3 is 4.57 Å². The number of halogens is 1. The van der Waals surface area contributed by atoms with E-state index in [1.165, 1.54) is 30.2 Å². The summed E-state index contributed by atoms with van der Waals surface area (Å²) >= 11 is 7.34. The molecule has 0 amide bonds. The molecule has 4 nitrogen and oxygen atoms in total. The number of hydrogen-bond acceptors (Lipinski definition) is 4. The summed E-state index contributed by atoms with van der Waals surface area (Å²) in [4.78, 5) is 12.5. The number of aryl methyl sites for hydroxylation is 1. The Labute approximate surface area is 169 Å². The second kappa shape index (κ2) is 9.20.